The molecule has 1 aliphatic rings. The average Bonchev–Trinajstić information content (AvgIpc) is 2.41. The predicted octanol–water partition coefficient (Wildman–Crippen LogP) is 3.28. The Balaban J connectivity index is 2.15. The number of hydrogen-bond donors (Lipinski definition) is 1. The first kappa shape index (κ1) is 12.1. The molecule has 0 amide bonds. The number of benzene rings is 1. The van der Waals surface area contributed by atoms with Gasteiger partial charge >= 0.3 is 0 Å². The average molecular weight is 284 g/mol. The van der Waals surface area contributed by atoms with Crippen molar-refractivity contribution in [3.63, 3.8) is 0 Å². The fraction of sp³-hybridized carbons (Fsp3) is 0.538. The highest BCUT2D eigenvalue weighted by atomic mass is 79.9. The van der Waals surface area contributed by atoms with Gasteiger partial charge in [0.05, 0.1) is 6.10 Å². The van der Waals surface area contributed by atoms with Gasteiger partial charge in [-0.2, -0.15) is 0 Å². The Hall–Kier alpha value is -0.380. The van der Waals surface area contributed by atoms with Crippen molar-refractivity contribution in [2.45, 2.75) is 38.5 Å². The van der Waals surface area contributed by atoms with Crippen LogP contribution in [0.2, 0.25) is 0 Å². The van der Waals surface area contributed by atoms with Crippen LogP contribution in [0.4, 0.5) is 0 Å². The third kappa shape index (κ3) is 2.84. The summed E-state index contributed by atoms with van der Waals surface area (Å²) in [6, 6.07) is 9.29. The van der Waals surface area contributed by atoms with E-state index in [1.807, 2.05) is 0 Å². The van der Waals surface area contributed by atoms with E-state index in [1.165, 1.54) is 5.56 Å². The molecule has 1 aromatic carbocycles. The normalized spacial score (nSPS) is 31.1. The molecule has 1 fully saturated rings. The molecule has 88 valence electrons. The highest BCUT2D eigenvalue weighted by Crippen LogP contribution is 2.25. The largest absolute Gasteiger partial charge is 0.372 e. The number of ether oxygens (including phenoxy) is 1. The van der Waals surface area contributed by atoms with E-state index in [2.05, 4.69) is 59.4 Å². The van der Waals surface area contributed by atoms with Crippen LogP contribution in [0.1, 0.15) is 31.9 Å². The van der Waals surface area contributed by atoms with Gasteiger partial charge < -0.3 is 10.1 Å². The number of halogens is 1. The summed E-state index contributed by atoms with van der Waals surface area (Å²) in [5.74, 6) is 0. The standard InChI is InChI=1S/C13H18BrNO/c1-9-7-8-16-13(10(2)15-9)11-3-5-12(14)6-4-11/h3-6,9-10,13,15H,7-8H2,1-2H3. The fourth-order valence-corrected chi connectivity index (χ4v) is 2.44. The number of rotatable bonds is 1. The second-order valence-corrected chi connectivity index (χ2v) is 5.40. The van der Waals surface area contributed by atoms with E-state index < -0.39 is 0 Å². The lowest BCUT2D eigenvalue weighted by Crippen LogP contribution is -2.36. The molecule has 0 saturated carbocycles. The summed E-state index contributed by atoms with van der Waals surface area (Å²) in [4.78, 5) is 0. The smallest absolute Gasteiger partial charge is 0.0975 e. The summed E-state index contributed by atoms with van der Waals surface area (Å²) in [5, 5.41) is 3.57. The molecule has 0 bridgehead atoms. The topological polar surface area (TPSA) is 21.3 Å². The Labute approximate surface area is 106 Å². The number of hydrogen-bond acceptors (Lipinski definition) is 2. The second-order valence-electron chi connectivity index (χ2n) is 4.49. The van der Waals surface area contributed by atoms with Crippen molar-refractivity contribution in [1.82, 2.24) is 5.32 Å². The van der Waals surface area contributed by atoms with Crippen molar-refractivity contribution in [3.8, 4) is 0 Å². The van der Waals surface area contributed by atoms with Crippen LogP contribution < -0.4 is 5.32 Å². The lowest BCUT2D eigenvalue weighted by molar-refractivity contribution is 0.0461. The Bertz CT molecular complexity index is 338. The molecule has 1 aromatic rings. The van der Waals surface area contributed by atoms with Crippen molar-refractivity contribution in [2.24, 2.45) is 0 Å². The van der Waals surface area contributed by atoms with Gasteiger partial charge in [-0.25, -0.2) is 0 Å². The van der Waals surface area contributed by atoms with Gasteiger partial charge in [0.2, 0.25) is 0 Å². The van der Waals surface area contributed by atoms with Gasteiger partial charge in [0.15, 0.2) is 0 Å². The molecular formula is C13H18BrNO. The molecule has 0 aromatic heterocycles. The maximum atomic E-state index is 5.93. The molecule has 0 spiro atoms. The number of nitrogens with one attached hydrogen (secondary N) is 1. The monoisotopic (exact) mass is 283 g/mol. The Morgan fingerprint density at radius 3 is 2.62 bits per heavy atom. The highest BCUT2D eigenvalue weighted by Gasteiger charge is 2.24. The van der Waals surface area contributed by atoms with Gasteiger partial charge in [-0.05, 0) is 38.0 Å². The first-order chi connectivity index (χ1) is 7.66. The summed E-state index contributed by atoms with van der Waals surface area (Å²) < 4.78 is 7.04. The van der Waals surface area contributed by atoms with Crippen LogP contribution >= 0.6 is 15.9 Å². The molecule has 3 heteroatoms. The third-order valence-electron chi connectivity index (χ3n) is 3.05. The van der Waals surface area contributed by atoms with Crippen molar-refractivity contribution >= 4 is 15.9 Å². The fourth-order valence-electron chi connectivity index (χ4n) is 2.17. The minimum atomic E-state index is 0.165. The van der Waals surface area contributed by atoms with Crippen LogP contribution in [0, 0.1) is 0 Å². The van der Waals surface area contributed by atoms with Crippen LogP contribution in [0.25, 0.3) is 0 Å². The Morgan fingerprint density at radius 1 is 1.25 bits per heavy atom. The molecule has 0 radical (unpaired) electrons. The lowest BCUT2D eigenvalue weighted by atomic mass is 10.0. The Kier molecular flexibility index (Phi) is 4.00. The van der Waals surface area contributed by atoms with E-state index in [9.17, 15) is 0 Å². The summed E-state index contributed by atoms with van der Waals surface area (Å²) in [7, 11) is 0. The van der Waals surface area contributed by atoms with Gasteiger partial charge in [-0.1, -0.05) is 28.1 Å². The first-order valence-corrected chi connectivity index (χ1v) is 6.59. The van der Waals surface area contributed by atoms with E-state index in [1.54, 1.807) is 0 Å². The molecule has 1 heterocycles. The maximum Gasteiger partial charge on any atom is 0.0975 e. The predicted molar refractivity (Wildman–Crippen MR) is 69.5 cm³/mol. The van der Waals surface area contributed by atoms with E-state index in [4.69, 9.17) is 4.74 Å². The van der Waals surface area contributed by atoms with Crippen molar-refractivity contribution in [2.75, 3.05) is 6.61 Å². The Morgan fingerprint density at radius 2 is 1.94 bits per heavy atom. The summed E-state index contributed by atoms with van der Waals surface area (Å²) >= 11 is 3.45. The molecule has 3 atom stereocenters. The van der Waals surface area contributed by atoms with Crippen LogP contribution in [-0.2, 0) is 4.74 Å². The summed E-state index contributed by atoms with van der Waals surface area (Å²) in [6.07, 6.45) is 1.25. The summed E-state index contributed by atoms with van der Waals surface area (Å²) in [5.41, 5.74) is 1.25. The lowest BCUT2D eigenvalue weighted by Gasteiger charge is -2.23. The molecule has 3 unspecified atom stereocenters. The zero-order chi connectivity index (χ0) is 11.5. The third-order valence-corrected chi connectivity index (χ3v) is 3.58. The molecule has 2 nitrogen and oxygen atoms in total. The first-order valence-electron chi connectivity index (χ1n) is 5.80. The van der Waals surface area contributed by atoms with Gasteiger partial charge in [0, 0.05) is 23.2 Å². The highest BCUT2D eigenvalue weighted by molar-refractivity contribution is 9.10. The van der Waals surface area contributed by atoms with Crippen LogP contribution in [0.5, 0.6) is 0 Å². The SMILES string of the molecule is CC1CCOC(c2ccc(Br)cc2)C(C)N1. The van der Waals surface area contributed by atoms with E-state index in [0.29, 0.717) is 12.1 Å². The van der Waals surface area contributed by atoms with Gasteiger partial charge in [0.1, 0.15) is 0 Å². The van der Waals surface area contributed by atoms with Crippen LogP contribution in [0.15, 0.2) is 28.7 Å². The van der Waals surface area contributed by atoms with Crippen LogP contribution in [-0.4, -0.2) is 18.7 Å². The van der Waals surface area contributed by atoms with E-state index in [-0.39, 0.29) is 6.10 Å². The molecule has 16 heavy (non-hydrogen) atoms. The van der Waals surface area contributed by atoms with Crippen LogP contribution in [0.3, 0.4) is 0 Å². The van der Waals surface area contributed by atoms with E-state index in [0.717, 1.165) is 17.5 Å². The molecule has 1 saturated heterocycles. The van der Waals surface area contributed by atoms with Gasteiger partial charge in [-0.3, -0.25) is 0 Å². The maximum absolute atomic E-state index is 5.93. The molecule has 1 aliphatic heterocycles. The molecule has 1 N–H and O–H groups in total. The molecule has 2 rings (SSSR count). The van der Waals surface area contributed by atoms with Crippen molar-refractivity contribution < 1.29 is 4.74 Å². The zero-order valence-electron chi connectivity index (χ0n) is 9.74. The van der Waals surface area contributed by atoms with E-state index >= 15 is 0 Å². The minimum Gasteiger partial charge on any atom is -0.372 e. The van der Waals surface area contributed by atoms with Gasteiger partial charge in [-0.15, -0.1) is 0 Å². The van der Waals surface area contributed by atoms with Crippen molar-refractivity contribution in [3.05, 3.63) is 34.3 Å². The molecular weight excluding hydrogens is 266 g/mol. The van der Waals surface area contributed by atoms with Gasteiger partial charge in [0.25, 0.3) is 0 Å². The van der Waals surface area contributed by atoms with Crippen molar-refractivity contribution in [1.29, 1.82) is 0 Å². The molecule has 0 aliphatic carbocycles. The quantitative estimate of drug-likeness (QED) is 0.854. The zero-order valence-corrected chi connectivity index (χ0v) is 11.3. The summed E-state index contributed by atoms with van der Waals surface area (Å²) in [6.45, 7) is 5.23. The minimum absolute atomic E-state index is 0.165. The second kappa shape index (κ2) is 5.30.